The van der Waals surface area contributed by atoms with Crippen molar-refractivity contribution in [3.05, 3.63) is 47.5 Å². The molecule has 2 aromatic rings. The lowest BCUT2D eigenvalue weighted by molar-refractivity contribution is 0.104. The number of carbonyl (C=O) groups excluding carboxylic acids is 1. The van der Waals surface area contributed by atoms with Crippen LogP contribution in [-0.4, -0.2) is 34.0 Å². The molecule has 0 aromatic heterocycles. The van der Waals surface area contributed by atoms with Crippen LogP contribution >= 0.6 is 0 Å². The monoisotopic (exact) mass is 266 g/mol. The number of fused-ring (bicyclic) bond motifs is 3. The molecule has 0 atom stereocenters. The molecule has 0 saturated heterocycles. The lowest BCUT2D eigenvalue weighted by atomic mass is 10.0. The summed E-state index contributed by atoms with van der Waals surface area (Å²) in [5, 5.41) is 0. The van der Waals surface area contributed by atoms with Gasteiger partial charge in [-0.2, -0.15) is 0 Å². The Bertz CT molecular complexity index is 643. The fourth-order valence-corrected chi connectivity index (χ4v) is 2.61. The second kappa shape index (κ2) is 4.37. The standard InChI is InChI=1S/C17H18N2O/c1-18(2)11-5-7-13-15(9-11)16-10-12(19(3)4)6-8-14(16)17(13)20/h5-10H,1-4H3. The van der Waals surface area contributed by atoms with Crippen molar-refractivity contribution in [1.29, 1.82) is 0 Å². The highest BCUT2D eigenvalue weighted by Gasteiger charge is 2.27. The van der Waals surface area contributed by atoms with Gasteiger partial charge in [-0.1, -0.05) is 0 Å². The molecule has 2 aromatic carbocycles. The molecule has 1 aliphatic rings. The third kappa shape index (κ3) is 1.78. The summed E-state index contributed by atoms with van der Waals surface area (Å²) < 4.78 is 0. The zero-order valence-corrected chi connectivity index (χ0v) is 12.3. The molecule has 1 aliphatic carbocycles. The van der Waals surface area contributed by atoms with Crippen molar-refractivity contribution in [2.24, 2.45) is 0 Å². The molecule has 3 heteroatoms. The summed E-state index contributed by atoms with van der Waals surface area (Å²) in [6, 6.07) is 12.0. The Hall–Kier alpha value is -2.29. The Balaban J connectivity index is 2.22. The first-order valence-corrected chi connectivity index (χ1v) is 6.67. The third-order valence-corrected chi connectivity index (χ3v) is 3.82. The topological polar surface area (TPSA) is 23.6 Å². The molecule has 102 valence electrons. The lowest BCUT2D eigenvalue weighted by Crippen LogP contribution is -2.09. The van der Waals surface area contributed by atoms with Gasteiger partial charge in [0.15, 0.2) is 5.78 Å². The van der Waals surface area contributed by atoms with Gasteiger partial charge in [-0.25, -0.2) is 0 Å². The van der Waals surface area contributed by atoms with Crippen molar-refractivity contribution in [2.45, 2.75) is 0 Å². The number of anilines is 2. The maximum Gasteiger partial charge on any atom is 0.194 e. The van der Waals surface area contributed by atoms with E-state index >= 15 is 0 Å². The first kappa shape index (κ1) is 12.7. The van der Waals surface area contributed by atoms with E-state index in [0.29, 0.717) is 0 Å². The Morgan fingerprint density at radius 1 is 0.650 bits per heavy atom. The van der Waals surface area contributed by atoms with Crippen molar-refractivity contribution >= 4 is 17.2 Å². The predicted octanol–water partition coefficient (Wildman–Crippen LogP) is 3.03. The molecule has 0 spiro atoms. The van der Waals surface area contributed by atoms with E-state index < -0.39 is 0 Å². The van der Waals surface area contributed by atoms with Gasteiger partial charge in [-0.05, 0) is 47.5 Å². The number of hydrogen-bond acceptors (Lipinski definition) is 3. The molecule has 0 unspecified atom stereocenters. The van der Waals surface area contributed by atoms with Crippen LogP contribution in [0, 0.1) is 0 Å². The summed E-state index contributed by atoms with van der Waals surface area (Å²) in [5.74, 6) is 0.130. The Kier molecular flexibility index (Phi) is 2.78. The molecular weight excluding hydrogens is 248 g/mol. The van der Waals surface area contributed by atoms with Crippen LogP contribution in [0.4, 0.5) is 11.4 Å². The Labute approximate surface area is 119 Å². The highest BCUT2D eigenvalue weighted by molar-refractivity contribution is 6.22. The zero-order chi connectivity index (χ0) is 14.4. The smallest absolute Gasteiger partial charge is 0.194 e. The van der Waals surface area contributed by atoms with E-state index in [1.807, 2.05) is 52.5 Å². The van der Waals surface area contributed by atoms with E-state index in [1.165, 1.54) is 0 Å². The summed E-state index contributed by atoms with van der Waals surface area (Å²) in [5.41, 5.74) is 5.92. The van der Waals surface area contributed by atoms with Crippen molar-refractivity contribution in [1.82, 2.24) is 0 Å². The van der Waals surface area contributed by atoms with Gasteiger partial charge in [0.05, 0.1) is 0 Å². The van der Waals surface area contributed by atoms with Gasteiger partial charge in [0.2, 0.25) is 0 Å². The van der Waals surface area contributed by atoms with Crippen LogP contribution in [0.2, 0.25) is 0 Å². The number of ketones is 1. The van der Waals surface area contributed by atoms with Crippen LogP contribution in [-0.2, 0) is 0 Å². The summed E-state index contributed by atoms with van der Waals surface area (Å²) in [7, 11) is 8.04. The maximum absolute atomic E-state index is 12.4. The van der Waals surface area contributed by atoms with Gasteiger partial charge in [-0.3, -0.25) is 4.79 Å². The van der Waals surface area contributed by atoms with E-state index in [-0.39, 0.29) is 5.78 Å². The number of nitrogens with zero attached hydrogens (tertiary/aromatic N) is 2. The largest absolute Gasteiger partial charge is 0.378 e. The molecule has 0 saturated carbocycles. The summed E-state index contributed by atoms with van der Waals surface area (Å²) in [4.78, 5) is 16.5. The molecular formula is C17H18N2O. The minimum atomic E-state index is 0.130. The fraction of sp³-hybridized carbons (Fsp3) is 0.235. The Morgan fingerprint density at radius 2 is 1.05 bits per heavy atom. The second-order valence-corrected chi connectivity index (χ2v) is 5.58. The minimum Gasteiger partial charge on any atom is -0.378 e. The number of carbonyl (C=O) groups is 1. The quantitative estimate of drug-likeness (QED) is 0.712. The van der Waals surface area contributed by atoms with Gasteiger partial charge in [0, 0.05) is 50.7 Å². The Morgan fingerprint density at radius 3 is 1.40 bits per heavy atom. The van der Waals surface area contributed by atoms with Gasteiger partial charge >= 0.3 is 0 Å². The normalized spacial score (nSPS) is 12.1. The van der Waals surface area contributed by atoms with Crippen LogP contribution < -0.4 is 9.80 Å². The van der Waals surface area contributed by atoms with Crippen molar-refractivity contribution in [3.63, 3.8) is 0 Å². The minimum absolute atomic E-state index is 0.130. The SMILES string of the molecule is CN(C)c1ccc2c(c1)-c1cc(N(C)C)ccc1C2=O. The number of benzene rings is 2. The molecule has 0 aliphatic heterocycles. The maximum atomic E-state index is 12.4. The van der Waals surface area contributed by atoms with Gasteiger partial charge in [0.1, 0.15) is 0 Å². The highest BCUT2D eigenvalue weighted by atomic mass is 16.1. The predicted molar refractivity (Wildman–Crippen MR) is 84.0 cm³/mol. The van der Waals surface area contributed by atoms with Crippen LogP contribution in [0.25, 0.3) is 11.1 Å². The van der Waals surface area contributed by atoms with Crippen molar-refractivity contribution < 1.29 is 4.79 Å². The average molecular weight is 266 g/mol. The molecule has 3 nitrogen and oxygen atoms in total. The molecule has 0 bridgehead atoms. The van der Waals surface area contributed by atoms with Gasteiger partial charge in [0.25, 0.3) is 0 Å². The highest BCUT2D eigenvalue weighted by Crippen LogP contribution is 2.40. The summed E-state index contributed by atoms with van der Waals surface area (Å²) >= 11 is 0. The summed E-state index contributed by atoms with van der Waals surface area (Å²) in [6.45, 7) is 0. The van der Waals surface area contributed by atoms with Gasteiger partial charge in [-0.15, -0.1) is 0 Å². The van der Waals surface area contributed by atoms with Crippen LogP contribution in [0.3, 0.4) is 0 Å². The van der Waals surface area contributed by atoms with E-state index in [1.54, 1.807) is 0 Å². The van der Waals surface area contributed by atoms with Crippen molar-refractivity contribution in [2.75, 3.05) is 38.0 Å². The number of hydrogen-bond donors (Lipinski definition) is 0. The molecule has 0 radical (unpaired) electrons. The lowest BCUT2D eigenvalue weighted by Gasteiger charge is -2.15. The van der Waals surface area contributed by atoms with Crippen LogP contribution in [0.5, 0.6) is 0 Å². The molecule has 0 heterocycles. The molecule has 20 heavy (non-hydrogen) atoms. The summed E-state index contributed by atoms with van der Waals surface area (Å²) in [6.07, 6.45) is 0. The second-order valence-electron chi connectivity index (χ2n) is 5.58. The van der Waals surface area contributed by atoms with Crippen molar-refractivity contribution in [3.8, 4) is 11.1 Å². The first-order chi connectivity index (χ1) is 9.49. The van der Waals surface area contributed by atoms with E-state index in [4.69, 9.17) is 0 Å². The fourth-order valence-electron chi connectivity index (χ4n) is 2.61. The first-order valence-electron chi connectivity index (χ1n) is 6.67. The van der Waals surface area contributed by atoms with Crippen LogP contribution in [0.1, 0.15) is 15.9 Å². The molecule has 0 fully saturated rings. The number of rotatable bonds is 2. The van der Waals surface area contributed by atoms with E-state index in [9.17, 15) is 4.79 Å². The van der Waals surface area contributed by atoms with E-state index in [2.05, 4.69) is 21.9 Å². The molecule has 0 amide bonds. The van der Waals surface area contributed by atoms with Crippen LogP contribution in [0.15, 0.2) is 36.4 Å². The van der Waals surface area contributed by atoms with E-state index in [0.717, 1.165) is 33.6 Å². The average Bonchev–Trinajstić information content (AvgIpc) is 2.71. The third-order valence-electron chi connectivity index (χ3n) is 3.82. The molecule has 3 rings (SSSR count). The van der Waals surface area contributed by atoms with Gasteiger partial charge < -0.3 is 9.80 Å². The molecule has 0 N–H and O–H groups in total. The zero-order valence-electron chi connectivity index (χ0n) is 12.3.